The third-order valence-corrected chi connectivity index (χ3v) is 7.39. The fraction of sp³-hybridized carbons (Fsp3) is 0.333. The van der Waals surface area contributed by atoms with Crippen molar-refractivity contribution in [2.24, 2.45) is 5.16 Å². The van der Waals surface area contributed by atoms with Gasteiger partial charge in [-0.15, -0.1) is 23.1 Å². The number of aromatic nitrogens is 2. The number of aliphatic carboxylic acids is 1. The lowest BCUT2D eigenvalue weighted by Gasteiger charge is -2.49. The Bertz CT molecular complexity index is 1110. The van der Waals surface area contributed by atoms with Crippen molar-refractivity contribution >= 4 is 63.1 Å². The number of rotatable bonds is 8. The largest absolute Gasteiger partial charge is 0.477 e. The van der Waals surface area contributed by atoms with Crippen LogP contribution in [0.2, 0.25) is 0 Å². The zero-order valence-corrected chi connectivity index (χ0v) is 19.2. The van der Waals surface area contributed by atoms with Crippen LogP contribution in [0.4, 0.5) is 5.13 Å². The van der Waals surface area contributed by atoms with Crippen LogP contribution in [0.15, 0.2) is 38.9 Å². The number of oxime groups is 1. The molecule has 2 aromatic heterocycles. The van der Waals surface area contributed by atoms with E-state index in [2.05, 4.69) is 15.5 Å². The van der Waals surface area contributed by atoms with Crippen molar-refractivity contribution < 1.29 is 28.9 Å². The third kappa shape index (κ3) is 4.20. The minimum Gasteiger partial charge on any atom is -0.477 e. The van der Waals surface area contributed by atoms with Gasteiger partial charge < -0.3 is 21.0 Å². The molecule has 2 amide bonds. The molecule has 1 saturated heterocycles. The monoisotopic (exact) mass is 495 g/mol. The van der Waals surface area contributed by atoms with Crippen LogP contribution < -0.4 is 15.6 Å². The van der Waals surface area contributed by atoms with Crippen LogP contribution in [0, 0.1) is 0 Å². The number of nitrogens with zero attached hydrogens (tertiary/aromatic N) is 4. The molecule has 4 rings (SSSR count). The minimum atomic E-state index is -1.17. The first-order valence-electron chi connectivity index (χ1n) is 9.44. The quantitative estimate of drug-likeness (QED) is 0.204. The number of fused-ring (bicyclic) bond motifs is 1. The molecule has 1 fully saturated rings. The molecule has 0 bridgehead atoms. The summed E-state index contributed by atoms with van der Waals surface area (Å²) in [5.41, 5.74) is 8.26. The molecule has 0 spiro atoms. The highest BCUT2D eigenvalue weighted by atomic mass is 32.2. The molecule has 4 N–H and O–H groups in total. The second kappa shape index (κ2) is 9.26. The molecule has 11 nitrogen and oxygen atoms in total. The highest BCUT2D eigenvalue weighted by molar-refractivity contribution is 8.00. The molecule has 2 aromatic rings. The predicted molar refractivity (Wildman–Crippen MR) is 119 cm³/mol. The van der Waals surface area contributed by atoms with Crippen molar-refractivity contribution in [2.45, 2.75) is 24.9 Å². The normalized spacial score (nSPS) is 20.6. The number of nitrogens with two attached hydrogens (primary N) is 1. The van der Waals surface area contributed by atoms with E-state index in [9.17, 15) is 19.5 Å². The van der Waals surface area contributed by atoms with Gasteiger partial charge in [0.2, 0.25) is 5.51 Å². The van der Waals surface area contributed by atoms with Gasteiger partial charge in [-0.05, 0) is 6.92 Å². The third-order valence-electron chi connectivity index (χ3n) is 4.70. The number of carbonyl (C=O) groups is 3. The molecule has 14 heteroatoms. The molecule has 32 heavy (non-hydrogen) atoms. The number of anilines is 1. The summed E-state index contributed by atoms with van der Waals surface area (Å²) in [4.78, 5) is 48.0. The van der Waals surface area contributed by atoms with Crippen LogP contribution in [0.25, 0.3) is 0 Å². The molecule has 168 valence electrons. The summed E-state index contributed by atoms with van der Waals surface area (Å²) < 4.78 is 1.86. The van der Waals surface area contributed by atoms with Gasteiger partial charge in [0.15, 0.2) is 23.6 Å². The molecule has 4 heterocycles. The summed E-state index contributed by atoms with van der Waals surface area (Å²) in [5, 5.41) is 19.4. The molecule has 0 radical (unpaired) electrons. The highest BCUT2D eigenvalue weighted by Gasteiger charge is 2.54. The lowest BCUT2D eigenvalue weighted by molar-refractivity contribution is -0.684. The Morgan fingerprint density at radius 3 is 2.94 bits per heavy atom. The van der Waals surface area contributed by atoms with Crippen LogP contribution >= 0.6 is 34.4 Å². The number of carbonyl (C=O) groups excluding carboxylic acids is 2. The summed E-state index contributed by atoms with van der Waals surface area (Å²) in [7, 11) is 0. The van der Waals surface area contributed by atoms with Gasteiger partial charge in [0.1, 0.15) is 29.4 Å². The Balaban J connectivity index is 1.53. The van der Waals surface area contributed by atoms with Crippen molar-refractivity contribution in [3.8, 4) is 0 Å². The van der Waals surface area contributed by atoms with Crippen molar-refractivity contribution in [3.05, 3.63) is 39.4 Å². The maximum Gasteiger partial charge on any atom is 0.352 e. The van der Waals surface area contributed by atoms with Crippen LogP contribution in [0.1, 0.15) is 12.6 Å². The van der Waals surface area contributed by atoms with E-state index in [1.807, 2.05) is 21.7 Å². The van der Waals surface area contributed by atoms with Crippen LogP contribution in [0.5, 0.6) is 0 Å². The molecule has 2 aliphatic heterocycles. The smallest absolute Gasteiger partial charge is 0.352 e. The molecular formula is C18H19N6O5S3+. The number of thioether (sulfide) groups is 1. The van der Waals surface area contributed by atoms with E-state index in [1.54, 1.807) is 12.3 Å². The first-order chi connectivity index (χ1) is 15.4. The zero-order chi connectivity index (χ0) is 22.8. The average molecular weight is 496 g/mol. The van der Waals surface area contributed by atoms with Gasteiger partial charge >= 0.3 is 5.97 Å². The van der Waals surface area contributed by atoms with Gasteiger partial charge in [0.05, 0.1) is 5.38 Å². The van der Waals surface area contributed by atoms with E-state index in [0.717, 1.165) is 11.3 Å². The second-order valence-corrected chi connectivity index (χ2v) is 9.50. The van der Waals surface area contributed by atoms with E-state index in [0.29, 0.717) is 17.9 Å². The van der Waals surface area contributed by atoms with Crippen molar-refractivity contribution in [2.75, 3.05) is 18.1 Å². The van der Waals surface area contributed by atoms with E-state index in [4.69, 9.17) is 10.6 Å². The number of amides is 2. The molecule has 0 saturated carbocycles. The Hall–Kier alpha value is -2.97. The van der Waals surface area contributed by atoms with E-state index >= 15 is 0 Å². The van der Waals surface area contributed by atoms with Crippen molar-refractivity contribution in [1.29, 1.82) is 0 Å². The van der Waals surface area contributed by atoms with E-state index in [-0.39, 0.29) is 28.8 Å². The van der Waals surface area contributed by atoms with Gasteiger partial charge in [-0.3, -0.25) is 14.5 Å². The van der Waals surface area contributed by atoms with Gasteiger partial charge in [-0.2, -0.15) is 4.57 Å². The molecule has 0 unspecified atom stereocenters. The Labute approximate surface area is 194 Å². The lowest BCUT2D eigenvalue weighted by Crippen LogP contribution is -2.71. The number of carboxylic acid groups (broad SMARTS) is 1. The van der Waals surface area contributed by atoms with E-state index < -0.39 is 29.2 Å². The summed E-state index contributed by atoms with van der Waals surface area (Å²) >= 11 is 4.04. The first kappa shape index (κ1) is 22.2. The van der Waals surface area contributed by atoms with E-state index in [1.165, 1.54) is 28.0 Å². The van der Waals surface area contributed by atoms with Crippen molar-refractivity contribution in [3.63, 3.8) is 0 Å². The molecule has 0 aliphatic carbocycles. The van der Waals surface area contributed by atoms with Crippen LogP contribution in [-0.4, -0.2) is 62.3 Å². The molecule has 0 aromatic carbocycles. The number of nitrogen functional groups attached to an aromatic ring is 1. The molecule has 2 aliphatic rings. The van der Waals surface area contributed by atoms with Crippen molar-refractivity contribution in [1.82, 2.24) is 15.2 Å². The fourth-order valence-corrected chi connectivity index (χ4v) is 5.80. The SMILES string of the molecule is CCO/N=C(\C(=O)N[C@@H]1C(=O)N2C(C(=O)O)=C(C[n+]3ccsc3)CS[C@H]12)c1csc(N)n1. The Kier molecular flexibility index (Phi) is 6.43. The highest BCUT2D eigenvalue weighted by Crippen LogP contribution is 2.40. The van der Waals surface area contributed by atoms with Crippen LogP contribution in [-0.2, 0) is 25.8 Å². The first-order valence-corrected chi connectivity index (χ1v) is 12.3. The maximum absolute atomic E-state index is 12.9. The van der Waals surface area contributed by atoms with Gasteiger partial charge in [-0.25, -0.2) is 9.78 Å². The number of hydrogen-bond acceptors (Lipinski definition) is 10. The predicted octanol–water partition coefficient (Wildman–Crippen LogP) is 0.254. The minimum absolute atomic E-state index is 0.0292. The number of nitrogens with one attached hydrogen (secondary N) is 1. The number of thiazole rings is 2. The zero-order valence-electron chi connectivity index (χ0n) is 16.8. The summed E-state index contributed by atoms with van der Waals surface area (Å²) in [5.74, 6) is -1.89. The number of hydrogen-bond donors (Lipinski definition) is 3. The number of β-lactam (4-membered cyclic amide) rings is 1. The summed E-state index contributed by atoms with van der Waals surface area (Å²) in [6, 6.07) is -0.889. The summed E-state index contributed by atoms with van der Waals surface area (Å²) in [6.45, 7) is 2.33. The standard InChI is InChI=1S/C18H18N6O5S3/c1-2-29-22-11(10-7-32-18(19)20-10)14(25)21-12-15(26)24-13(17(27)28)9(6-31-16(12)24)5-23-3-4-30-8-23/h3-4,7-8,12,16H,2,5-6H2,1H3,(H3-,19,20,21,25,27,28)/p+1/b22-11-/t12-,16-/m1/s1. The maximum atomic E-state index is 12.9. The average Bonchev–Trinajstić information content (AvgIpc) is 3.43. The number of carboxylic acids is 1. The van der Waals surface area contributed by atoms with Gasteiger partial charge in [0.25, 0.3) is 11.8 Å². The van der Waals surface area contributed by atoms with Gasteiger partial charge in [-0.1, -0.05) is 16.5 Å². The Morgan fingerprint density at radius 2 is 2.31 bits per heavy atom. The second-order valence-electron chi connectivity index (χ2n) is 6.75. The lowest BCUT2D eigenvalue weighted by atomic mass is 10.0. The van der Waals surface area contributed by atoms with Gasteiger partial charge in [0, 0.05) is 16.7 Å². The topological polar surface area (TPSA) is 151 Å². The summed E-state index contributed by atoms with van der Waals surface area (Å²) in [6.07, 6.45) is 1.85. The fourth-order valence-electron chi connectivity index (χ4n) is 3.32. The molecular weight excluding hydrogens is 476 g/mol. The van der Waals surface area contributed by atoms with Crippen LogP contribution in [0.3, 0.4) is 0 Å². The Morgan fingerprint density at radius 1 is 1.50 bits per heavy atom. The molecule has 2 atom stereocenters.